The summed E-state index contributed by atoms with van der Waals surface area (Å²) in [7, 11) is 0. The second-order valence-electron chi connectivity index (χ2n) is 6.57. The van der Waals surface area contributed by atoms with Gasteiger partial charge in [0.05, 0.1) is 0 Å². The highest BCUT2D eigenvalue weighted by Gasteiger charge is 2.37. The molecule has 1 amide bonds. The van der Waals surface area contributed by atoms with Gasteiger partial charge in [-0.25, -0.2) is 15.6 Å². The zero-order chi connectivity index (χ0) is 12.6. The van der Waals surface area contributed by atoms with Gasteiger partial charge in [-0.05, 0) is 44.9 Å². The van der Waals surface area contributed by atoms with Crippen LogP contribution in [-0.2, 0) is 4.74 Å². The Morgan fingerprint density at radius 3 is 2.31 bits per heavy atom. The maximum atomic E-state index is 11.6. The smallest absolute Gasteiger partial charge is 0.424 e. The van der Waals surface area contributed by atoms with Crippen LogP contribution in [0.3, 0.4) is 0 Å². The Morgan fingerprint density at radius 2 is 1.94 bits per heavy atom. The normalized spacial score (nSPS) is 20.1. The van der Waals surface area contributed by atoms with Crippen molar-refractivity contribution in [2.24, 2.45) is 17.2 Å². The Hall–Kier alpha value is -0.770. The number of rotatable bonds is 2. The molecule has 0 radical (unpaired) electrons. The quantitative estimate of drug-likeness (QED) is 0.449. The van der Waals surface area contributed by atoms with E-state index in [0.717, 1.165) is 12.8 Å². The lowest BCUT2D eigenvalue weighted by Crippen LogP contribution is -2.47. The SMILES string of the molecule is CC1(C)CC(CN(N)C(=O)OC(C)(C)C)C1. The van der Waals surface area contributed by atoms with Gasteiger partial charge in [0.25, 0.3) is 0 Å². The molecule has 0 spiro atoms. The summed E-state index contributed by atoms with van der Waals surface area (Å²) in [5.74, 6) is 6.20. The highest BCUT2D eigenvalue weighted by atomic mass is 16.6. The second-order valence-corrected chi connectivity index (χ2v) is 6.57. The van der Waals surface area contributed by atoms with E-state index < -0.39 is 11.7 Å². The van der Waals surface area contributed by atoms with Gasteiger partial charge >= 0.3 is 6.09 Å². The first-order valence-electron chi connectivity index (χ1n) is 5.84. The van der Waals surface area contributed by atoms with Crippen LogP contribution in [0.5, 0.6) is 0 Å². The average Bonchev–Trinajstić information content (AvgIpc) is 1.97. The minimum atomic E-state index is -0.479. The number of hydrazine groups is 1. The number of hydrogen-bond acceptors (Lipinski definition) is 3. The molecular formula is C12H24N2O2. The first-order valence-corrected chi connectivity index (χ1v) is 5.84. The van der Waals surface area contributed by atoms with Crippen LogP contribution in [0, 0.1) is 11.3 Å². The van der Waals surface area contributed by atoms with Gasteiger partial charge in [0.2, 0.25) is 0 Å². The molecule has 16 heavy (non-hydrogen) atoms. The van der Waals surface area contributed by atoms with E-state index in [1.807, 2.05) is 20.8 Å². The van der Waals surface area contributed by atoms with Crippen molar-refractivity contribution in [2.75, 3.05) is 6.54 Å². The Balaban J connectivity index is 2.31. The Bertz CT molecular complexity index is 261. The van der Waals surface area contributed by atoms with E-state index in [-0.39, 0.29) is 0 Å². The van der Waals surface area contributed by atoms with Crippen molar-refractivity contribution in [1.82, 2.24) is 5.01 Å². The summed E-state index contributed by atoms with van der Waals surface area (Å²) < 4.78 is 5.18. The van der Waals surface area contributed by atoms with Crippen LogP contribution < -0.4 is 5.84 Å². The lowest BCUT2D eigenvalue weighted by atomic mass is 9.64. The summed E-state index contributed by atoms with van der Waals surface area (Å²) >= 11 is 0. The van der Waals surface area contributed by atoms with E-state index in [2.05, 4.69) is 13.8 Å². The van der Waals surface area contributed by atoms with Gasteiger partial charge in [-0.3, -0.25) is 0 Å². The molecule has 4 heteroatoms. The molecule has 0 unspecified atom stereocenters. The van der Waals surface area contributed by atoms with E-state index in [9.17, 15) is 4.79 Å². The molecule has 1 saturated carbocycles. The van der Waals surface area contributed by atoms with Crippen molar-refractivity contribution in [3.05, 3.63) is 0 Å². The van der Waals surface area contributed by atoms with Crippen molar-refractivity contribution in [1.29, 1.82) is 0 Å². The van der Waals surface area contributed by atoms with Crippen molar-refractivity contribution < 1.29 is 9.53 Å². The largest absolute Gasteiger partial charge is 0.443 e. The number of amides is 1. The minimum Gasteiger partial charge on any atom is -0.443 e. The van der Waals surface area contributed by atoms with E-state index in [1.54, 1.807) is 0 Å². The fourth-order valence-corrected chi connectivity index (χ4v) is 2.31. The summed E-state index contributed by atoms with van der Waals surface area (Å²) in [6, 6.07) is 0. The second kappa shape index (κ2) is 4.24. The molecule has 94 valence electrons. The van der Waals surface area contributed by atoms with Gasteiger partial charge in [-0.15, -0.1) is 0 Å². The molecule has 1 aliphatic carbocycles. The van der Waals surface area contributed by atoms with Crippen LogP contribution in [0.25, 0.3) is 0 Å². The minimum absolute atomic E-state index is 0.416. The van der Waals surface area contributed by atoms with Crippen molar-refractivity contribution in [3.63, 3.8) is 0 Å². The monoisotopic (exact) mass is 228 g/mol. The highest BCUT2D eigenvalue weighted by Crippen LogP contribution is 2.44. The lowest BCUT2D eigenvalue weighted by molar-refractivity contribution is 0.00734. The predicted octanol–water partition coefficient (Wildman–Crippen LogP) is 2.53. The third-order valence-corrected chi connectivity index (χ3v) is 2.77. The molecule has 1 aliphatic rings. The summed E-state index contributed by atoms with van der Waals surface area (Å²) in [6.07, 6.45) is 1.82. The number of carbonyl (C=O) groups excluding carboxylic acids is 1. The lowest BCUT2D eigenvalue weighted by Gasteiger charge is -2.43. The molecule has 0 aromatic rings. The molecule has 2 N–H and O–H groups in total. The van der Waals surface area contributed by atoms with Crippen LogP contribution in [0.15, 0.2) is 0 Å². The first kappa shape index (κ1) is 13.3. The third kappa shape index (κ3) is 4.00. The molecule has 0 saturated heterocycles. The molecular weight excluding hydrogens is 204 g/mol. The fraction of sp³-hybridized carbons (Fsp3) is 0.917. The van der Waals surface area contributed by atoms with Crippen LogP contribution >= 0.6 is 0 Å². The van der Waals surface area contributed by atoms with E-state index in [4.69, 9.17) is 10.6 Å². The topological polar surface area (TPSA) is 55.6 Å². The predicted molar refractivity (Wildman–Crippen MR) is 63.6 cm³/mol. The molecule has 0 aromatic carbocycles. The number of carbonyl (C=O) groups is 1. The van der Waals surface area contributed by atoms with E-state index in [1.165, 1.54) is 5.01 Å². The molecule has 4 nitrogen and oxygen atoms in total. The maximum absolute atomic E-state index is 11.6. The molecule has 0 aromatic heterocycles. The standard InChI is InChI=1S/C12H24N2O2/c1-11(2,3)16-10(15)14(13)8-9-6-12(4,5)7-9/h9H,6-8,13H2,1-5H3. The number of nitrogens with two attached hydrogens (primary N) is 1. The number of nitrogens with zero attached hydrogens (tertiary/aromatic N) is 1. The van der Waals surface area contributed by atoms with Gasteiger partial charge in [-0.2, -0.15) is 0 Å². The zero-order valence-corrected chi connectivity index (χ0v) is 11.0. The van der Waals surface area contributed by atoms with Crippen LogP contribution in [0.4, 0.5) is 4.79 Å². The average molecular weight is 228 g/mol. The van der Waals surface area contributed by atoms with Crippen molar-refractivity contribution in [2.45, 2.75) is 53.1 Å². The van der Waals surface area contributed by atoms with Gasteiger partial charge in [0.15, 0.2) is 0 Å². The number of ether oxygens (including phenoxy) is 1. The third-order valence-electron chi connectivity index (χ3n) is 2.77. The summed E-state index contributed by atoms with van der Waals surface area (Å²) in [5, 5.41) is 1.20. The maximum Gasteiger partial charge on any atom is 0.424 e. The molecule has 0 atom stereocenters. The van der Waals surface area contributed by atoms with Crippen molar-refractivity contribution in [3.8, 4) is 0 Å². The molecule has 1 fully saturated rings. The Kier molecular flexibility index (Phi) is 3.53. The van der Waals surface area contributed by atoms with E-state index in [0.29, 0.717) is 17.9 Å². The van der Waals surface area contributed by atoms with Crippen LogP contribution in [0.1, 0.15) is 47.5 Å². The fourth-order valence-electron chi connectivity index (χ4n) is 2.31. The van der Waals surface area contributed by atoms with Crippen LogP contribution in [-0.4, -0.2) is 23.2 Å². The zero-order valence-electron chi connectivity index (χ0n) is 11.0. The summed E-state index contributed by atoms with van der Waals surface area (Å²) in [6.45, 7) is 10.6. The molecule has 1 rings (SSSR count). The van der Waals surface area contributed by atoms with Crippen LogP contribution in [0.2, 0.25) is 0 Å². The van der Waals surface area contributed by atoms with Crippen molar-refractivity contribution >= 4 is 6.09 Å². The van der Waals surface area contributed by atoms with Gasteiger partial charge < -0.3 is 4.74 Å². The summed E-state index contributed by atoms with van der Waals surface area (Å²) in [4.78, 5) is 11.6. The highest BCUT2D eigenvalue weighted by molar-refractivity contribution is 5.67. The first-order chi connectivity index (χ1) is 7.09. The van der Waals surface area contributed by atoms with Gasteiger partial charge in [0.1, 0.15) is 5.60 Å². The van der Waals surface area contributed by atoms with Gasteiger partial charge in [0, 0.05) is 6.54 Å². The molecule has 0 aliphatic heterocycles. The number of hydrogen-bond donors (Lipinski definition) is 1. The Labute approximate surface area is 98.1 Å². The molecule has 0 bridgehead atoms. The molecule has 0 heterocycles. The summed E-state index contributed by atoms with van der Waals surface area (Å²) in [5.41, 5.74) is -0.0625. The Morgan fingerprint density at radius 1 is 1.44 bits per heavy atom. The van der Waals surface area contributed by atoms with Gasteiger partial charge in [-0.1, -0.05) is 13.8 Å². The van der Waals surface area contributed by atoms with E-state index >= 15 is 0 Å².